The minimum atomic E-state index is 0.186. The van der Waals surface area contributed by atoms with Gasteiger partial charge in [0, 0.05) is 37.8 Å². The van der Waals surface area contributed by atoms with Gasteiger partial charge in [0.15, 0.2) is 0 Å². The zero-order valence-electron chi connectivity index (χ0n) is 14.5. The van der Waals surface area contributed by atoms with Crippen LogP contribution in [-0.2, 0) is 4.74 Å². The molecule has 0 unspecified atom stereocenters. The van der Waals surface area contributed by atoms with E-state index < -0.39 is 0 Å². The number of carbonyl (C=O) groups excluding carboxylic acids is 1. The number of aryl methyl sites for hydroxylation is 1. The van der Waals surface area contributed by atoms with Crippen molar-refractivity contribution in [1.29, 1.82) is 0 Å². The topological polar surface area (TPSA) is 32.8 Å². The Kier molecular flexibility index (Phi) is 5.02. The third-order valence-electron chi connectivity index (χ3n) is 4.87. The zero-order valence-corrected chi connectivity index (χ0v) is 14.5. The zero-order chi connectivity index (χ0) is 16.4. The molecule has 1 aromatic carbocycles. The van der Waals surface area contributed by atoms with Crippen molar-refractivity contribution in [1.82, 2.24) is 9.80 Å². The summed E-state index contributed by atoms with van der Waals surface area (Å²) < 4.78 is 5.82. The van der Waals surface area contributed by atoms with Gasteiger partial charge >= 0.3 is 0 Å². The van der Waals surface area contributed by atoms with Crippen molar-refractivity contribution in [3.05, 3.63) is 35.4 Å². The molecule has 0 spiro atoms. The van der Waals surface area contributed by atoms with Crippen LogP contribution in [0.4, 0.5) is 0 Å². The molecule has 2 aliphatic heterocycles. The van der Waals surface area contributed by atoms with E-state index in [1.807, 2.05) is 31.2 Å². The minimum Gasteiger partial charge on any atom is -0.373 e. The average Bonchev–Trinajstić information content (AvgIpc) is 2.93. The van der Waals surface area contributed by atoms with Crippen LogP contribution in [0.5, 0.6) is 0 Å². The maximum absolute atomic E-state index is 12.9. The first-order valence-corrected chi connectivity index (χ1v) is 8.78. The molecule has 126 valence electrons. The molecule has 1 amide bonds. The third-order valence-corrected chi connectivity index (χ3v) is 4.87. The van der Waals surface area contributed by atoms with Gasteiger partial charge in [0.2, 0.25) is 0 Å². The maximum atomic E-state index is 12.9. The number of nitrogens with zero attached hydrogens (tertiary/aromatic N) is 2. The van der Waals surface area contributed by atoms with Gasteiger partial charge in [-0.3, -0.25) is 9.69 Å². The van der Waals surface area contributed by atoms with E-state index in [0.29, 0.717) is 6.04 Å². The average molecular weight is 316 g/mol. The molecule has 4 nitrogen and oxygen atoms in total. The fraction of sp³-hybridized carbons (Fsp3) is 0.632. The number of hydrogen-bond donors (Lipinski definition) is 0. The van der Waals surface area contributed by atoms with Gasteiger partial charge in [-0.2, -0.15) is 0 Å². The molecule has 3 rings (SSSR count). The van der Waals surface area contributed by atoms with Gasteiger partial charge in [0.05, 0.1) is 12.2 Å². The van der Waals surface area contributed by atoms with Crippen LogP contribution in [0.25, 0.3) is 0 Å². The monoisotopic (exact) mass is 316 g/mol. The molecule has 2 fully saturated rings. The Morgan fingerprint density at radius 3 is 2.70 bits per heavy atom. The van der Waals surface area contributed by atoms with Gasteiger partial charge in [-0.05, 0) is 45.7 Å². The summed E-state index contributed by atoms with van der Waals surface area (Å²) in [7, 11) is 0. The highest BCUT2D eigenvalue weighted by Crippen LogP contribution is 2.23. The molecule has 3 atom stereocenters. The Labute approximate surface area is 139 Å². The lowest BCUT2D eigenvalue weighted by Gasteiger charge is -2.38. The molecule has 0 saturated carbocycles. The number of ether oxygens (including phenoxy) is 1. The summed E-state index contributed by atoms with van der Waals surface area (Å²) in [6.07, 6.45) is 2.78. The lowest BCUT2D eigenvalue weighted by molar-refractivity contribution is -0.0715. The van der Waals surface area contributed by atoms with Crippen molar-refractivity contribution in [2.75, 3.05) is 26.2 Å². The van der Waals surface area contributed by atoms with Gasteiger partial charge in [-0.25, -0.2) is 0 Å². The van der Waals surface area contributed by atoms with Crippen molar-refractivity contribution < 1.29 is 9.53 Å². The van der Waals surface area contributed by atoms with Gasteiger partial charge < -0.3 is 9.64 Å². The van der Waals surface area contributed by atoms with E-state index in [0.717, 1.165) is 50.1 Å². The van der Waals surface area contributed by atoms with Crippen LogP contribution < -0.4 is 0 Å². The predicted molar refractivity (Wildman–Crippen MR) is 91.7 cm³/mol. The highest BCUT2D eigenvalue weighted by atomic mass is 16.5. The number of carbonyl (C=O) groups is 1. The fourth-order valence-corrected chi connectivity index (χ4v) is 3.97. The molecule has 1 aromatic rings. The van der Waals surface area contributed by atoms with Crippen LogP contribution in [0, 0.1) is 6.92 Å². The van der Waals surface area contributed by atoms with E-state index in [2.05, 4.69) is 23.6 Å². The van der Waals surface area contributed by atoms with E-state index in [1.165, 1.54) is 0 Å². The first-order chi connectivity index (χ1) is 11.0. The summed E-state index contributed by atoms with van der Waals surface area (Å²) in [6.45, 7) is 10.1. The van der Waals surface area contributed by atoms with Crippen LogP contribution >= 0.6 is 0 Å². The first-order valence-electron chi connectivity index (χ1n) is 8.78. The Balaban J connectivity index is 1.66. The summed E-state index contributed by atoms with van der Waals surface area (Å²) in [6, 6.07) is 8.27. The standard InChI is InChI=1S/C19H28N2O2/c1-14-6-4-7-17(10-14)19(22)21-9-5-8-18(21)13-20-11-15(2)23-16(3)12-20/h4,6-7,10,15-16,18H,5,8-9,11-13H2,1-3H3/t15-,16-,18+/m0/s1. The van der Waals surface area contributed by atoms with Crippen molar-refractivity contribution in [2.45, 2.75) is 51.9 Å². The van der Waals surface area contributed by atoms with Crippen LogP contribution in [-0.4, -0.2) is 60.1 Å². The van der Waals surface area contributed by atoms with Crippen LogP contribution in [0.1, 0.15) is 42.6 Å². The largest absolute Gasteiger partial charge is 0.373 e. The number of morpholine rings is 1. The Bertz CT molecular complexity index is 550. The maximum Gasteiger partial charge on any atom is 0.254 e. The highest BCUT2D eigenvalue weighted by Gasteiger charge is 2.32. The molecule has 2 saturated heterocycles. The quantitative estimate of drug-likeness (QED) is 0.859. The second kappa shape index (κ2) is 7.02. The van der Waals surface area contributed by atoms with Crippen molar-refractivity contribution in [2.24, 2.45) is 0 Å². The fourth-order valence-electron chi connectivity index (χ4n) is 3.97. The van der Waals surface area contributed by atoms with Crippen LogP contribution in [0.15, 0.2) is 24.3 Å². The molecule has 2 heterocycles. The van der Waals surface area contributed by atoms with Gasteiger partial charge in [0.1, 0.15) is 0 Å². The molecular formula is C19H28N2O2. The Hall–Kier alpha value is -1.39. The smallest absolute Gasteiger partial charge is 0.254 e. The Morgan fingerprint density at radius 2 is 2.00 bits per heavy atom. The minimum absolute atomic E-state index is 0.186. The molecular weight excluding hydrogens is 288 g/mol. The number of rotatable bonds is 3. The van der Waals surface area contributed by atoms with Gasteiger partial charge in [0.25, 0.3) is 5.91 Å². The van der Waals surface area contributed by atoms with E-state index in [4.69, 9.17) is 4.74 Å². The van der Waals surface area contributed by atoms with Gasteiger partial charge in [-0.15, -0.1) is 0 Å². The lowest BCUT2D eigenvalue weighted by atomic mass is 10.1. The first kappa shape index (κ1) is 16.5. The number of amides is 1. The number of hydrogen-bond acceptors (Lipinski definition) is 3. The van der Waals surface area contributed by atoms with E-state index in [1.54, 1.807) is 0 Å². The van der Waals surface area contributed by atoms with Gasteiger partial charge in [-0.1, -0.05) is 17.7 Å². The molecule has 0 aliphatic carbocycles. The number of benzene rings is 1. The Morgan fingerprint density at radius 1 is 1.26 bits per heavy atom. The molecule has 23 heavy (non-hydrogen) atoms. The summed E-state index contributed by atoms with van der Waals surface area (Å²) in [5.74, 6) is 0.186. The van der Waals surface area contributed by atoms with E-state index >= 15 is 0 Å². The highest BCUT2D eigenvalue weighted by molar-refractivity contribution is 5.94. The summed E-state index contributed by atoms with van der Waals surface area (Å²) in [5.41, 5.74) is 1.96. The molecule has 0 bridgehead atoms. The second-order valence-electron chi connectivity index (χ2n) is 7.14. The summed E-state index contributed by atoms with van der Waals surface area (Å²) in [5, 5.41) is 0. The molecule has 4 heteroatoms. The normalized spacial score (nSPS) is 29.0. The van der Waals surface area contributed by atoms with Crippen LogP contribution in [0.3, 0.4) is 0 Å². The summed E-state index contributed by atoms with van der Waals surface area (Å²) >= 11 is 0. The van der Waals surface area contributed by atoms with Crippen molar-refractivity contribution >= 4 is 5.91 Å². The second-order valence-corrected chi connectivity index (χ2v) is 7.14. The van der Waals surface area contributed by atoms with E-state index in [9.17, 15) is 4.79 Å². The predicted octanol–water partition coefficient (Wildman–Crippen LogP) is 2.71. The van der Waals surface area contributed by atoms with E-state index in [-0.39, 0.29) is 18.1 Å². The molecule has 0 radical (unpaired) electrons. The van der Waals surface area contributed by atoms with Crippen LogP contribution in [0.2, 0.25) is 0 Å². The SMILES string of the molecule is Cc1cccc(C(=O)N2CCC[C@@H]2CN2C[C@H](C)O[C@@H](C)C2)c1. The molecule has 2 aliphatic rings. The number of likely N-dealkylation sites (tertiary alicyclic amines) is 1. The van der Waals surface area contributed by atoms with Crippen molar-refractivity contribution in [3.8, 4) is 0 Å². The van der Waals surface area contributed by atoms with Crippen molar-refractivity contribution in [3.63, 3.8) is 0 Å². The summed E-state index contributed by atoms with van der Waals surface area (Å²) in [4.78, 5) is 17.4. The third kappa shape index (κ3) is 3.93. The molecule has 0 aromatic heterocycles. The molecule has 0 N–H and O–H groups in total. The lowest BCUT2D eigenvalue weighted by Crippen LogP contribution is -2.50.